The van der Waals surface area contributed by atoms with Gasteiger partial charge in [0.2, 0.25) is 0 Å². The Bertz CT molecular complexity index is 335. The van der Waals surface area contributed by atoms with Crippen LogP contribution < -0.4 is 5.32 Å². The first-order chi connectivity index (χ1) is 7.58. The Labute approximate surface area is 95.9 Å². The summed E-state index contributed by atoms with van der Waals surface area (Å²) in [6.45, 7) is 6.08. The first-order valence-electron chi connectivity index (χ1n) is 5.79. The lowest BCUT2D eigenvalue weighted by atomic mass is 10.0. The summed E-state index contributed by atoms with van der Waals surface area (Å²) in [5, 5.41) is 3.33. The van der Waals surface area contributed by atoms with E-state index in [1.165, 1.54) is 12.1 Å². The third-order valence-electron chi connectivity index (χ3n) is 2.90. The zero-order valence-corrected chi connectivity index (χ0v) is 10.1. The number of benzene rings is 1. The third-order valence-corrected chi connectivity index (χ3v) is 2.90. The third kappa shape index (κ3) is 3.27. The van der Waals surface area contributed by atoms with E-state index in [1.807, 2.05) is 6.92 Å². The Hall–Kier alpha value is -0.960. The van der Waals surface area contributed by atoms with Gasteiger partial charge in [-0.1, -0.05) is 19.9 Å². The van der Waals surface area contributed by atoms with Crippen LogP contribution in [0.4, 0.5) is 8.78 Å². The first kappa shape index (κ1) is 13.1. The van der Waals surface area contributed by atoms with E-state index in [0.717, 1.165) is 18.9 Å². The molecular weight excluding hydrogens is 208 g/mol. The van der Waals surface area contributed by atoms with Crippen LogP contribution in [-0.4, -0.2) is 6.04 Å². The van der Waals surface area contributed by atoms with Gasteiger partial charge in [0, 0.05) is 23.7 Å². The van der Waals surface area contributed by atoms with Crippen molar-refractivity contribution in [2.75, 3.05) is 0 Å². The maximum absolute atomic E-state index is 13.5. The van der Waals surface area contributed by atoms with Crippen LogP contribution in [0.25, 0.3) is 0 Å². The van der Waals surface area contributed by atoms with Gasteiger partial charge in [-0.3, -0.25) is 0 Å². The molecule has 0 aliphatic heterocycles. The largest absolute Gasteiger partial charge is 0.307 e. The Balaban J connectivity index is 2.76. The SMILES string of the molecule is CCC(CC)NC(C)c1ccc(F)cc1F. The molecular formula is C13H19F2N. The predicted molar refractivity (Wildman–Crippen MR) is 62.3 cm³/mol. The lowest BCUT2D eigenvalue weighted by molar-refractivity contribution is 0.421. The molecule has 3 heteroatoms. The van der Waals surface area contributed by atoms with Crippen molar-refractivity contribution in [2.24, 2.45) is 0 Å². The molecule has 0 saturated carbocycles. The van der Waals surface area contributed by atoms with Crippen molar-refractivity contribution >= 4 is 0 Å². The summed E-state index contributed by atoms with van der Waals surface area (Å²) in [4.78, 5) is 0. The molecule has 0 aliphatic rings. The topological polar surface area (TPSA) is 12.0 Å². The van der Waals surface area contributed by atoms with E-state index in [2.05, 4.69) is 19.2 Å². The standard InChI is InChI=1S/C13H19F2N/c1-4-11(5-2)16-9(3)12-7-6-10(14)8-13(12)15/h6-9,11,16H,4-5H2,1-3H3. The highest BCUT2D eigenvalue weighted by Crippen LogP contribution is 2.19. The first-order valence-corrected chi connectivity index (χ1v) is 5.79. The maximum Gasteiger partial charge on any atom is 0.130 e. The molecule has 16 heavy (non-hydrogen) atoms. The molecule has 0 saturated heterocycles. The fraction of sp³-hybridized carbons (Fsp3) is 0.538. The van der Waals surface area contributed by atoms with Crippen molar-refractivity contribution in [3.8, 4) is 0 Å². The number of rotatable bonds is 5. The van der Waals surface area contributed by atoms with E-state index in [4.69, 9.17) is 0 Å². The van der Waals surface area contributed by atoms with Gasteiger partial charge in [-0.25, -0.2) is 8.78 Å². The molecule has 0 aromatic heterocycles. The van der Waals surface area contributed by atoms with Crippen LogP contribution in [0.15, 0.2) is 18.2 Å². The van der Waals surface area contributed by atoms with Crippen LogP contribution in [-0.2, 0) is 0 Å². The predicted octanol–water partition coefficient (Wildman–Crippen LogP) is 3.80. The molecule has 0 radical (unpaired) electrons. The molecule has 0 amide bonds. The lowest BCUT2D eigenvalue weighted by Gasteiger charge is -2.21. The number of hydrogen-bond donors (Lipinski definition) is 1. The van der Waals surface area contributed by atoms with Crippen molar-refractivity contribution in [1.82, 2.24) is 5.32 Å². The van der Waals surface area contributed by atoms with Crippen molar-refractivity contribution in [3.63, 3.8) is 0 Å². The molecule has 1 nitrogen and oxygen atoms in total. The van der Waals surface area contributed by atoms with Gasteiger partial charge in [0.1, 0.15) is 11.6 Å². The average Bonchev–Trinajstić information content (AvgIpc) is 2.25. The molecule has 0 bridgehead atoms. The van der Waals surface area contributed by atoms with Gasteiger partial charge < -0.3 is 5.32 Å². The Morgan fingerprint density at radius 3 is 2.31 bits per heavy atom. The minimum atomic E-state index is -0.531. The Morgan fingerprint density at radius 2 is 1.81 bits per heavy atom. The summed E-state index contributed by atoms with van der Waals surface area (Å²) in [5.74, 6) is -1.01. The highest BCUT2D eigenvalue weighted by molar-refractivity contribution is 5.21. The normalized spacial score (nSPS) is 13.1. The van der Waals surface area contributed by atoms with E-state index in [9.17, 15) is 8.78 Å². The molecule has 90 valence electrons. The van der Waals surface area contributed by atoms with E-state index in [-0.39, 0.29) is 6.04 Å². The van der Waals surface area contributed by atoms with Gasteiger partial charge in [-0.15, -0.1) is 0 Å². The minimum absolute atomic E-state index is 0.0921. The van der Waals surface area contributed by atoms with Crippen LogP contribution in [0.2, 0.25) is 0 Å². The maximum atomic E-state index is 13.5. The van der Waals surface area contributed by atoms with Gasteiger partial charge >= 0.3 is 0 Å². The van der Waals surface area contributed by atoms with Crippen molar-refractivity contribution in [3.05, 3.63) is 35.4 Å². The molecule has 1 aromatic carbocycles. The van der Waals surface area contributed by atoms with Crippen LogP contribution in [0, 0.1) is 11.6 Å². The highest BCUT2D eigenvalue weighted by atomic mass is 19.1. The zero-order valence-electron chi connectivity index (χ0n) is 10.1. The van der Waals surface area contributed by atoms with E-state index in [1.54, 1.807) is 0 Å². The summed E-state index contributed by atoms with van der Waals surface area (Å²) in [6, 6.07) is 4.01. The van der Waals surface area contributed by atoms with Gasteiger partial charge in [0.25, 0.3) is 0 Å². The molecule has 1 N–H and O–H groups in total. The second-order valence-corrected chi connectivity index (χ2v) is 4.07. The summed E-state index contributed by atoms with van der Waals surface area (Å²) in [6.07, 6.45) is 2.01. The molecule has 0 fully saturated rings. The van der Waals surface area contributed by atoms with Gasteiger partial charge in [-0.2, -0.15) is 0 Å². The van der Waals surface area contributed by atoms with Crippen molar-refractivity contribution in [2.45, 2.75) is 45.7 Å². The molecule has 1 aromatic rings. The summed E-state index contributed by atoms with van der Waals surface area (Å²) < 4.78 is 26.2. The number of halogens is 2. The van der Waals surface area contributed by atoms with Gasteiger partial charge in [-0.05, 0) is 25.8 Å². The molecule has 1 unspecified atom stereocenters. The molecule has 0 heterocycles. The van der Waals surface area contributed by atoms with Gasteiger partial charge in [0.15, 0.2) is 0 Å². The summed E-state index contributed by atoms with van der Waals surface area (Å²) in [5.41, 5.74) is 0.522. The molecule has 1 rings (SSSR count). The highest BCUT2D eigenvalue weighted by Gasteiger charge is 2.14. The van der Waals surface area contributed by atoms with Crippen LogP contribution in [0.3, 0.4) is 0 Å². The fourth-order valence-corrected chi connectivity index (χ4v) is 1.82. The lowest BCUT2D eigenvalue weighted by Crippen LogP contribution is -2.30. The minimum Gasteiger partial charge on any atom is -0.307 e. The molecule has 0 aliphatic carbocycles. The van der Waals surface area contributed by atoms with Gasteiger partial charge in [0.05, 0.1) is 0 Å². The second kappa shape index (κ2) is 5.94. The monoisotopic (exact) mass is 227 g/mol. The Kier molecular flexibility index (Phi) is 4.87. The summed E-state index contributed by atoms with van der Waals surface area (Å²) in [7, 11) is 0. The molecule has 0 spiro atoms. The van der Waals surface area contributed by atoms with Crippen LogP contribution in [0.1, 0.15) is 45.2 Å². The van der Waals surface area contributed by atoms with Crippen LogP contribution in [0.5, 0.6) is 0 Å². The van der Waals surface area contributed by atoms with Crippen molar-refractivity contribution < 1.29 is 8.78 Å². The smallest absolute Gasteiger partial charge is 0.130 e. The average molecular weight is 227 g/mol. The number of nitrogens with one attached hydrogen (secondary N) is 1. The second-order valence-electron chi connectivity index (χ2n) is 4.07. The van der Waals surface area contributed by atoms with Crippen molar-refractivity contribution in [1.29, 1.82) is 0 Å². The van der Waals surface area contributed by atoms with Crippen LogP contribution >= 0.6 is 0 Å². The van der Waals surface area contributed by atoms with E-state index in [0.29, 0.717) is 11.6 Å². The summed E-state index contributed by atoms with van der Waals surface area (Å²) >= 11 is 0. The van der Waals surface area contributed by atoms with E-state index < -0.39 is 11.6 Å². The Morgan fingerprint density at radius 1 is 1.19 bits per heavy atom. The quantitative estimate of drug-likeness (QED) is 0.806. The fourth-order valence-electron chi connectivity index (χ4n) is 1.82. The molecule has 1 atom stereocenters. The van der Waals surface area contributed by atoms with E-state index >= 15 is 0 Å². The zero-order chi connectivity index (χ0) is 12.1. The number of hydrogen-bond acceptors (Lipinski definition) is 1.